The summed E-state index contributed by atoms with van der Waals surface area (Å²) in [6.07, 6.45) is 6.18. The van der Waals surface area contributed by atoms with E-state index >= 15 is 0 Å². The van der Waals surface area contributed by atoms with Crippen molar-refractivity contribution in [2.45, 2.75) is 31.8 Å². The molecule has 0 fully saturated rings. The Bertz CT molecular complexity index is 1280. The van der Waals surface area contributed by atoms with E-state index in [0.717, 1.165) is 58.4 Å². The molecule has 3 aromatic heterocycles. The van der Waals surface area contributed by atoms with Crippen molar-refractivity contribution in [3.8, 4) is 0 Å². The first-order chi connectivity index (χ1) is 16.1. The lowest BCUT2D eigenvalue weighted by molar-refractivity contribution is 0.0901. The third kappa shape index (κ3) is 4.76. The number of aromatic amines is 1. The minimum absolute atomic E-state index is 0.118. The van der Waals surface area contributed by atoms with Gasteiger partial charge in [0.05, 0.1) is 17.1 Å². The van der Waals surface area contributed by atoms with Gasteiger partial charge in [-0.1, -0.05) is 0 Å². The van der Waals surface area contributed by atoms with Crippen LogP contribution < -0.4 is 10.6 Å². The number of fused-ring (bicyclic) bond motifs is 4. The summed E-state index contributed by atoms with van der Waals surface area (Å²) in [7, 11) is 4.04. The molecule has 3 N–H and O–H groups in total. The molecule has 4 aromatic rings. The molecule has 33 heavy (non-hydrogen) atoms. The van der Waals surface area contributed by atoms with E-state index in [9.17, 15) is 4.79 Å². The molecule has 3 heterocycles. The molecule has 9 nitrogen and oxygen atoms in total. The summed E-state index contributed by atoms with van der Waals surface area (Å²) in [6, 6.07) is 6.06. The summed E-state index contributed by atoms with van der Waals surface area (Å²) in [5.74, 6) is 0.804. The standard InChI is InChI=1S/C23H27N7O2S/c1-30(2)9-3-8-24-23(31)32-16-5-6-17-19(11-16)33-22-20(17)21(25-13-26-22)28-15-4-7-18-14(10-15)12-27-29-18/h4,7,10,12-13,16H,3,5-6,8-9,11H2,1-2H3,(H,24,31)(H,27,29)(H,25,26,28). The molecule has 0 spiro atoms. The topological polar surface area (TPSA) is 108 Å². The Kier molecular flexibility index (Phi) is 6.10. The van der Waals surface area contributed by atoms with E-state index < -0.39 is 0 Å². The smallest absolute Gasteiger partial charge is 0.407 e. The summed E-state index contributed by atoms with van der Waals surface area (Å²) in [5, 5.41) is 15.5. The number of benzene rings is 1. The van der Waals surface area contributed by atoms with Crippen molar-refractivity contribution < 1.29 is 9.53 Å². The van der Waals surface area contributed by atoms with Crippen LogP contribution >= 0.6 is 11.3 Å². The molecule has 1 aromatic carbocycles. The van der Waals surface area contributed by atoms with Crippen LogP contribution in [0.3, 0.4) is 0 Å². The number of hydrogen-bond donors (Lipinski definition) is 3. The predicted octanol–water partition coefficient (Wildman–Crippen LogP) is 3.85. The minimum atomic E-state index is -0.333. The summed E-state index contributed by atoms with van der Waals surface area (Å²) in [5.41, 5.74) is 3.20. The van der Waals surface area contributed by atoms with Gasteiger partial charge in [0.15, 0.2) is 0 Å². The first-order valence-electron chi connectivity index (χ1n) is 11.1. The highest BCUT2D eigenvalue weighted by atomic mass is 32.1. The van der Waals surface area contributed by atoms with E-state index in [2.05, 4.69) is 35.7 Å². The van der Waals surface area contributed by atoms with Crippen LogP contribution in [-0.4, -0.2) is 64.4 Å². The number of H-pyrrole nitrogens is 1. The molecule has 1 amide bonds. The van der Waals surface area contributed by atoms with Gasteiger partial charge < -0.3 is 20.3 Å². The maximum Gasteiger partial charge on any atom is 0.407 e. The van der Waals surface area contributed by atoms with Crippen LogP contribution in [0.15, 0.2) is 30.7 Å². The van der Waals surface area contributed by atoms with E-state index in [0.29, 0.717) is 13.0 Å². The molecule has 0 radical (unpaired) electrons. The number of ether oxygens (including phenoxy) is 1. The number of aryl methyl sites for hydroxylation is 1. The Morgan fingerprint density at radius 3 is 3.12 bits per heavy atom. The van der Waals surface area contributed by atoms with Crippen LogP contribution in [-0.2, 0) is 17.6 Å². The monoisotopic (exact) mass is 465 g/mol. The maximum atomic E-state index is 12.2. The molecule has 1 unspecified atom stereocenters. The minimum Gasteiger partial charge on any atom is -0.446 e. The molecule has 1 atom stereocenters. The zero-order valence-electron chi connectivity index (χ0n) is 18.7. The third-order valence-electron chi connectivity index (χ3n) is 5.83. The quantitative estimate of drug-likeness (QED) is 0.356. The number of carbonyl (C=O) groups is 1. The van der Waals surface area contributed by atoms with Crippen molar-refractivity contribution >= 4 is 50.1 Å². The molecule has 172 valence electrons. The lowest BCUT2D eigenvalue weighted by Crippen LogP contribution is -2.33. The number of amides is 1. The van der Waals surface area contributed by atoms with E-state index in [1.165, 1.54) is 10.4 Å². The van der Waals surface area contributed by atoms with Crippen LogP contribution in [0.5, 0.6) is 0 Å². The first-order valence-corrected chi connectivity index (χ1v) is 11.9. The number of nitrogens with zero attached hydrogens (tertiary/aromatic N) is 4. The van der Waals surface area contributed by atoms with Gasteiger partial charge in [-0.05, 0) is 63.7 Å². The highest BCUT2D eigenvalue weighted by molar-refractivity contribution is 7.19. The number of aromatic nitrogens is 4. The predicted molar refractivity (Wildman–Crippen MR) is 130 cm³/mol. The van der Waals surface area contributed by atoms with Gasteiger partial charge >= 0.3 is 6.09 Å². The van der Waals surface area contributed by atoms with Crippen LogP contribution in [0.4, 0.5) is 16.3 Å². The average molecular weight is 466 g/mol. The normalized spacial score (nSPS) is 15.7. The number of rotatable bonds is 7. The molecule has 0 aliphatic heterocycles. The molecular formula is C23H27N7O2S. The lowest BCUT2D eigenvalue weighted by atomic mass is 9.94. The van der Waals surface area contributed by atoms with E-state index in [4.69, 9.17) is 4.74 Å². The Hall–Kier alpha value is -3.24. The van der Waals surface area contributed by atoms with Crippen molar-refractivity contribution in [3.63, 3.8) is 0 Å². The SMILES string of the molecule is CN(C)CCCNC(=O)OC1CCc2c(sc3ncnc(Nc4ccc5[nH]ncc5c4)c23)C1. The van der Waals surface area contributed by atoms with Gasteiger partial charge in [-0.3, -0.25) is 5.10 Å². The maximum absolute atomic E-state index is 12.2. The van der Waals surface area contributed by atoms with E-state index in [1.807, 2.05) is 32.3 Å². The number of hydrogen-bond acceptors (Lipinski definition) is 8. The number of nitrogens with one attached hydrogen (secondary N) is 3. The van der Waals surface area contributed by atoms with Crippen LogP contribution in [0, 0.1) is 0 Å². The second-order valence-electron chi connectivity index (χ2n) is 8.56. The molecule has 1 aliphatic carbocycles. The van der Waals surface area contributed by atoms with Gasteiger partial charge in [-0.2, -0.15) is 5.10 Å². The summed E-state index contributed by atoms with van der Waals surface area (Å²) >= 11 is 1.66. The number of carbonyl (C=O) groups excluding carboxylic acids is 1. The highest BCUT2D eigenvalue weighted by Gasteiger charge is 2.27. The zero-order valence-corrected chi connectivity index (χ0v) is 19.5. The molecular weight excluding hydrogens is 438 g/mol. The fraction of sp³-hybridized carbons (Fsp3) is 0.391. The molecule has 5 rings (SSSR count). The molecule has 0 saturated carbocycles. The zero-order chi connectivity index (χ0) is 22.8. The van der Waals surface area contributed by atoms with Crippen molar-refractivity contribution in [1.82, 2.24) is 30.4 Å². The Balaban J connectivity index is 1.29. The average Bonchev–Trinajstić information content (AvgIpc) is 3.40. The van der Waals surface area contributed by atoms with Gasteiger partial charge in [-0.25, -0.2) is 14.8 Å². The second-order valence-corrected chi connectivity index (χ2v) is 9.64. The third-order valence-corrected chi connectivity index (χ3v) is 6.99. The lowest BCUT2D eigenvalue weighted by Gasteiger charge is -2.23. The molecule has 1 aliphatic rings. The number of alkyl carbamates (subject to hydrolysis) is 1. The Labute approximate surface area is 195 Å². The van der Waals surface area contributed by atoms with Crippen LogP contribution in [0.25, 0.3) is 21.1 Å². The van der Waals surface area contributed by atoms with Crippen molar-refractivity contribution in [2.24, 2.45) is 0 Å². The van der Waals surface area contributed by atoms with E-state index in [1.54, 1.807) is 23.9 Å². The van der Waals surface area contributed by atoms with Crippen LogP contribution in [0.2, 0.25) is 0 Å². The molecule has 0 bridgehead atoms. The first kappa shape index (κ1) is 21.6. The van der Waals surface area contributed by atoms with Crippen molar-refractivity contribution in [3.05, 3.63) is 41.2 Å². The van der Waals surface area contributed by atoms with E-state index in [-0.39, 0.29) is 12.2 Å². The largest absolute Gasteiger partial charge is 0.446 e. The van der Waals surface area contributed by atoms with Gasteiger partial charge in [0, 0.05) is 28.9 Å². The Morgan fingerprint density at radius 1 is 1.33 bits per heavy atom. The van der Waals surface area contributed by atoms with Gasteiger partial charge in [-0.15, -0.1) is 11.3 Å². The van der Waals surface area contributed by atoms with Gasteiger partial charge in [0.1, 0.15) is 23.1 Å². The fourth-order valence-corrected chi connectivity index (χ4v) is 5.46. The molecule has 0 saturated heterocycles. The van der Waals surface area contributed by atoms with Gasteiger partial charge in [0.2, 0.25) is 0 Å². The summed E-state index contributed by atoms with van der Waals surface area (Å²) in [6.45, 7) is 1.55. The van der Waals surface area contributed by atoms with Crippen LogP contribution in [0.1, 0.15) is 23.3 Å². The summed E-state index contributed by atoms with van der Waals surface area (Å²) < 4.78 is 5.69. The van der Waals surface area contributed by atoms with Gasteiger partial charge in [0.25, 0.3) is 0 Å². The number of thiophene rings is 1. The number of anilines is 2. The summed E-state index contributed by atoms with van der Waals surface area (Å²) in [4.78, 5) is 25.5. The van der Waals surface area contributed by atoms with Crippen molar-refractivity contribution in [1.29, 1.82) is 0 Å². The van der Waals surface area contributed by atoms with Crippen molar-refractivity contribution in [2.75, 3.05) is 32.5 Å². The second kappa shape index (κ2) is 9.32. The fourth-order valence-electron chi connectivity index (χ4n) is 4.21. The Morgan fingerprint density at radius 2 is 2.24 bits per heavy atom. The highest BCUT2D eigenvalue weighted by Crippen LogP contribution is 2.39. The molecule has 10 heteroatoms.